The zero-order valence-electron chi connectivity index (χ0n) is 27.5. The second kappa shape index (κ2) is 26.9. The Balaban J connectivity index is 4.40. The molecule has 0 saturated carbocycles. The van der Waals surface area contributed by atoms with Gasteiger partial charge >= 0.3 is 29.8 Å². The van der Waals surface area contributed by atoms with Crippen LogP contribution in [-0.4, -0.2) is 61.4 Å². The van der Waals surface area contributed by atoms with Gasteiger partial charge in [-0.1, -0.05) is 77.6 Å². The van der Waals surface area contributed by atoms with Gasteiger partial charge in [0, 0.05) is 27.7 Å². The van der Waals surface area contributed by atoms with Gasteiger partial charge in [0.2, 0.25) is 0 Å². The molecular weight excluding hydrogens is 556 g/mol. The molecule has 0 aromatic heterocycles. The Morgan fingerprint density at radius 2 is 0.814 bits per heavy atom. The van der Waals surface area contributed by atoms with Crippen LogP contribution in [0.4, 0.5) is 0 Å². The Labute approximate surface area is 259 Å². The van der Waals surface area contributed by atoms with Crippen molar-refractivity contribution in [3.63, 3.8) is 0 Å². The maximum absolute atomic E-state index is 12.4. The first-order valence-electron chi connectivity index (χ1n) is 16.3. The zero-order valence-corrected chi connectivity index (χ0v) is 27.5. The van der Waals surface area contributed by atoms with Gasteiger partial charge in [-0.3, -0.25) is 24.0 Å². The standard InChI is InChI=1S/C33H58O10/c1-6-7-8-9-10-11-12-13-14-15-16-17-20-30(41-27(3)35)21-18-19-22-31(42-28(4)36)23-33(38)40-25-32(43-29(5)37)24-39-26(2)34/h30-32H,6-25H2,1-5H3. The summed E-state index contributed by atoms with van der Waals surface area (Å²) >= 11 is 0. The summed E-state index contributed by atoms with van der Waals surface area (Å²) < 4.78 is 25.9. The highest BCUT2D eigenvalue weighted by Crippen LogP contribution is 2.19. The molecule has 0 spiro atoms. The van der Waals surface area contributed by atoms with Gasteiger partial charge in [-0.15, -0.1) is 0 Å². The van der Waals surface area contributed by atoms with Crippen LogP contribution in [0.2, 0.25) is 0 Å². The van der Waals surface area contributed by atoms with Crippen molar-refractivity contribution >= 4 is 29.8 Å². The van der Waals surface area contributed by atoms with Gasteiger partial charge in [0.05, 0.1) is 6.42 Å². The molecule has 0 aliphatic rings. The summed E-state index contributed by atoms with van der Waals surface area (Å²) in [7, 11) is 0. The van der Waals surface area contributed by atoms with Gasteiger partial charge in [0.1, 0.15) is 25.4 Å². The molecule has 3 atom stereocenters. The summed E-state index contributed by atoms with van der Waals surface area (Å²) in [5, 5.41) is 0. The maximum atomic E-state index is 12.4. The predicted molar refractivity (Wildman–Crippen MR) is 163 cm³/mol. The maximum Gasteiger partial charge on any atom is 0.309 e. The van der Waals surface area contributed by atoms with Crippen molar-refractivity contribution in [1.82, 2.24) is 0 Å². The average molecular weight is 615 g/mol. The van der Waals surface area contributed by atoms with Gasteiger partial charge in [-0.25, -0.2) is 0 Å². The second-order valence-corrected chi connectivity index (χ2v) is 11.3. The summed E-state index contributed by atoms with van der Waals surface area (Å²) in [6.45, 7) is 6.83. The van der Waals surface area contributed by atoms with Gasteiger partial charge in [-0.2, -0.15) is 0 Å². The summed E-state index contributed by atoms with van der Waals surface area (Å²) in [5.41, 5.74) is 0. The molecule has 0 aliphatic heterocycles. The van der Waals surface area contributed by atoms with Crippen molar-refractivity contribution in [2.45, 2.75) is 169 Å². The highest BCUT2D eigenvalue weighted by molar-refractivity contribution is 5.71. The Hall–Kier alpha value is -2.65. The lowest BCUT2D eigenvalue weighted by Crippen LogP contribution is -2.31. The van der Waals surface area contributed by atoms with Crippen LogP contribution < -0.4 is 0 Å². The van der Waals surface area contributed by atoms with E-state index < -0.39 is 36.1 Å². The molecule has 0 bridgehead atoms. The monoisotopic (exact) mass is 614 g/mol. The first-order chi connectivity index (χ1) is 20.5. The summed E-state index contributed by atoms with van der Waals surface area (Å²) in [4.78, 5) is 57.9. The molecule has 0 aromatic rings. The second-order valence-electron chi connectivity index (χ2n) is 11.3. The lowest BCUT2D eigenvalue weighted by atomic mass is 10.0. The van der Waals surface area contributed by atoms with Crippen LogP contribution in [0.5, 0.6) is 0 Å². The molecule has 0 aliphatic carbocycles. The largest absolute Gasteiger partial charge is 0.463 e. The third-order valence-corrected chi connectivity index (χ3v) is 6.98. The van der Waals surface area contributed by atoms with Crippen molar-refractivity contribution in [1.29, 1.82) is 0 Å². The smallest absolute Gasteiger partial charge is 0.309 e. The normalized spacial score (nSPS) is 13.0. The van der Waals surface area contributed by atoms with Crippen LogP contribution in [0.15, 0.2) is 0 Å². The van der Waals surface area contributed by atoms with E-state index in [-0.39, 0.29) is 31.7 Å². The molecule has 43 heavy (non-hydrogen) atoms. The number of hydrogen-bond acceptors (Lipinski definition) is 10. The predicted octanol–water partition coefficient (Wildman–Crippen LogP) is 6.93. The van der Waals surface area contributed by atoms with E-state index in [9.17, 15) is 24.0 Å². The SMILES string of the molecule is CCCCCCCCCCCCCCC(CCCCC(CC(=O)OCC(COC(C)=O)OC(C)=O)OC(C)=O)OC(C)=O. The average Bonchev–Trinajstić information content (AvgIpc) is 2.92. The van der Waals surface area contributed by atoms with E-state index in [0.29, 0.717) is 19.3 Å². The molecule has 3 unspecified atom stereocenters. The Bertz CT molecular complexity index is 782. The first-order valence-corrected chi connectivity index (χ1v) is 16.3. The van der Waals surface area contributed by atoms with E-state index in [1.165, 1.54) is 91.9 Å². The minimum absolute atomic E-state index is 0.145. The lowest BCUT2D eigenvalue weighted by molar-refractivity contribution is -0.166. The quantitative estimate of drug-likeness (QED) is 0.0545. The van der Waals surface area contributed by atoms with Crippen LogP contribution in [-0.2, 0) is 47.7 Å². The molecule has 0 aromatic carbocycles. The van der Waals surface area contributed by atoms with Crippen LogP contribution in [0.1, 0.15) is 150 Å². The van der Waals surface area contributed by atoms with Crippen molar-refractivity contribution in [2.24, 2.45) is 0 Å². The Kier molecular flexibility index (Phi) is 25.3. The molecule has 0 rings (SSSR count). The van der Waals surface area contributed by atoms with Crippen LogP contribution in [0, 0.1) is 0 Å². The Morgan fingerprint density at radius 3 is 1.28 bits per heavy atom. The molecule has 0 heterocycles. The fourth-order valence-corrected chi connectivity index (χ4v) is 4.88. The number of unbranched alkanes of at least 4 members (excludes halogenated alkanes) is 12. The molecule has 10 heteroatoms. The molecule has 0 saturated heterocycles. The molecule has 10 nitrogen and oxygen atoms in total. The number of carbonyl (C=O) groups is 5. The molecule has 0 N–H and O–H groups in total. The third kappa shape index (κ3) is 27.9. The number of ether oxygens (including phenoxy) is 5. The topological polar surface area (TPSA) is 132 Å². The highest BCUT2D eigenvalue weighted by atomic mass is 16.6. The fourth-order valence-electron chi connectivity index (χ4n) is 4.88. The zero-order chi connectivity index (χ0) is 32.3. The summed E-state index contributed by atoms with van der Waals surface area (Å²) in [6.07, 6.45) is 16.8. The van der Waals surface area contributed by atoms with Crippen LogP contribution in [0.25, 0.3) is 0 Å². The molecule has 0 fully saturated rings. The van der Waals surface area contributed by atoms with Crippen molar-refractivity contribution in [3.05, 3.63) is 0 Å². The number of esters is 5. The van der Waals surface area contributed by atoms with Crippen molar-refractivity contribution in [3.8, 4) is 0 Å². The van der Waals surface area contributed by atoms with Gasteiger partial charge in [0.15, 0.2) is 6.10 Å². The Morgan fingerprint density at radius 1 is 0.442 bits per heavy atom. The fraction of sp³-hybridized carbons (Fsp3) is 0.848. The lowest BCUT2D eigenvalue weighted by Gasteiger charge is -2.20. The minimum atomic E-state index is -0.930. The van der Waals surface area contributed by atoms with Crippen molar-refractivity contribution in [2.75, 3.05) is 13.2 Å². The van der Waals surface area contributed by atoms with E-state index in [2.05, 4.69) is 6.92 Å². The molecule has 0 amide bonds. The first kappa shape index (κ1) is 40.4. The number of carbonyl (C=O) groups excluding carboxylic acids is 5. The van der Waals surface area contributed by atoms with E-state index in [0.717, 1.165) is 25.7 Å². The van der Waals surface area contributed by atoms with E-state index in [4.69, 9.17) is 23.7 Å². The number of rotatable bonds is 27. The summed E-state index contributed by atoms with van der Waals surface area (Å²) in [6, 6.07) is 0. The number of hydrogen-bond donors (Lipinski definition) is 0. The molecule has 0 radical (unpaired) electrons. The van der Waals surface area contributed by atoms with Crippen LogP contribution >= 0.6 is 0 Å². The molecule has 250 valence electrons. The van der Waals surface area contributed by atoms with E-state index in [1.54, 1.807) is 0 Å². The van der Waals surface area contributed by atoms with E-state index >= 15 is 0 Å². The molecular formula is C33H58O10. The van der Waals surface area contributed by atoms with Gasteiger partial charge < -0.3 is 23.7 Å². The third-order valence-electron chi connectivity index (χ3n) is 6.98. The van der Waals surface area contributed by atoms with Crippen molar-refractivity contribution < 1.29 is 47.7 Å². The summed E-state index contributed by atoms with van der Waals surface area (Å²) in [5.74, 6) is -2.57. The van der Waals surface area contributed by atoms with E-state index in [1.807, 2.05) is 0 Å². The van der Waals surface area contributed by atoms with Gasteiger partial charge in [-0.05, 0) is 38.5 Å². The van der Waals surface area contributed by atoms with Gasteiger partial charge in [0.25, 0.3) is 0 Å². The highest BCUT2D eigenvalue weighted by Gasteiger charge is 2.21. The minimum Gasteiger partial charge on any atom is -0.463 e. The van der Waals surface area contributed by atoms with Crippen LogP contribution in [0.3, 0.4) is 0 Å².